The molecule has 0 aliphatic rings. The lowest BCUT2D eigenvalue weighted by molar-refractivity contribution is 0.380. The first-order valence-electron chi connectivity index (χ1n) is 5.23. The lowest BCUT2D eigenvalue weighted by Gasteiger charge is -2.23. The fourth-order valence-electron chi connectivity index (χ4n) is 1.30. The molecular formula is C11H18N2O2S. The van der Waals surface area contributed by atoms with Crippen molar-refractivity contribution >= 4 is 15.7 Å². The molecule has 0 saturated carbocycles. The largest absolute Gasteiger partial charge is 0.399 e. The van der Waals surface area contributed by atoms with Gasteiger partial charge < -0.3 is 5.73 Å². The molecule has 0 fully saturated rings. The SMILES string of the molecule is CCC(C)N(C)S(=O)(=O)c1ccc(N)cc1. The predicted octanol–water partition coefficient (Wildman–Crippen LogP) is 1.69. The number of benzene rings is 1. The molecule has 5 heteroatoms. The van der Waals surface area contributed by atoms with Crippen molar-refractivity contribution in [1.82, 2.24) is 4.31 Å². The van der Waals surface area contributed by atoms with Gasteiger partial charge in [-0.05, 0) is 37.6 Å². The molecule has 0 spiro atoms. The number of rotatable bonds is 4. The molecule has 0 saturated heterocycles. The third-order valence-electron chi connectivity index (χ3n) is 2.77. The van der Waals surface area contributed by atoms with E-state index in [0.29, 0.717) is 5.69 Å². The van der Waals surface area contributed by atoms with Gasteiger partial charge in [0.2, 0.25) is 10.0 Å². The Morgan fingerprint density at radius 2 is 1.81 bits per heavy atom. The average Bonchev–Trinajstić information content (AvgIpc) is 2.27. The highest BCUT2D eigenvalue weighted by Gasteiger charge is 2.23. The normalized spacial score (nSPS) is 14.0. The molecule has 1 rings (SSSR count). The highest BCUT2D eigenvalue weighted by molar-refractivity contribution is 7.89. The number of nitrogens with two attached hydrogens (primary N) is 1. The Labute approximate surface area is 97.1 Å². The molecule has 0 aliphatic carbocycles. The van der Waals surface area contributed by atoms with Crippen molar-refractivity contribution in [1.29, 1.82) is 0 Å². The van der Waals surface area contributed by atoms with Gasteiger partial charge in [-0.2, -0.15) is 4.31 Å². The van der Waals surface area contributed by atoms with Crippen LogP contribution in [-0.4, -0.2) is 25.8 Å². The number of nitrogens with zero attached hydrogens (tertiary/aromatic N) is 1. The van der Waals surface area contributed by atoms with Crippen LogP contribution in [0.5, 0.6) is 0 Å². The highest BCUT2D eigenvalue weighted by Crippen LogP contribution is 2.18. The minimum absolute atomic E-state index is 0.0115. The van der Waals surface area contributed by atoms with E-state index >= 15 is 0 Å². The molecule has 2 N–H and O–H groups in total. The van der Waals surface area contributed by atoms with Crippen molar-refractivity contribution in [3.8, 4) is 0 Å². The lowest BCUT2D eigenvalue weighted by Crippen LogP contribution is -2.34. The molecule has 0 aromatic heterocycles. The maximum Gasteiger partial charge on any atom is 0.243 e. The zero-order chi connectivity index (χ0) is 12.3. The Morgan fingerprint density at radius 1 is 1.31 bits per heavy atom. The molecule has 0 aliphatic heterocycles. The Morgan fingerprint density at radius 3 is 2.25 bits per heavy atom. The Hall–Kier alpha value is -1.07. The van der Waals surface area contributed by atoms with Gasteiger partial charge >= 0.3 is 0 Å². The van der Waals surface area contributed by atoms with Crippen molar-refractivity contribution in [2.75, 3.05) is 12.8 Å². The summed E-state index contributed by atoms with van der Waals surface area (Å²) in [5.41, 5.74) is 6.08. The summed E-state index contributed by atoms with van der Waals surface area (Å²) in [7, 11) is -1.79. The van der Waals surface area contributed by atoms with Crippen molar-refractivity contribution < 1.29 is 8.42 Å². The Bertz CT molecular complexity index is 440. The van der Waals surface area contributed by atoms with E-state index < -0.39 is 10.0 Å². The molecule has 1 unspecified atom stereocenters. The molecule has 0 bridgehead atoms. The predicted molar refractivity (Wildman–Crippen MR) is 65.6 cm³/mol. The van der Waals surface area contributed by atoms with Crippen LogP contribution in [0.3, 0.4) is 0 Å². The van der Waals surface area contributed by atoms with Crippen LogP contribution in [0.2, 0.25) is 0 Å². The van der Waals surface area contributed by atoms with Gasteiger partial charge in [0, 0.05) is 18.8 Å². The first-order chi connectivity index (χ1) is 7.39. The molecule has 0 amide bonds. The van der Waals surface area contributed by atoms with E-state index in [1.807, 2.05) is 13.8 Å². The van der Waals surface area contributed by atoms with Gasteiger partial charge in [0.1, 0.15) is 0 Å². The van der Waals surface area contributed by atoms with E-state index in [4.69, 9.17) is 5.73 Å². The van der Waals surface area contributed by atoms with Crippen molar-refractivity contribution in [3.05, 3.63) is 24.3 Å². The molecule has 0 heterocycles. The standard InChI is InChI=1S/C11H18N2O2S/c1-4-9(2)13(3)16(14,15)11-7-5-10(12)6-8-11/h5-9H,4,12H2,1-3H3. The smallest absolute Gasteiger partial charge is 0.243 e. The third kappa shape index (κ3) is 2.54. The van der Waals surface area contributed by atoms with Gasteiger partial charge in [0.25, 0.3) is 0 Å². The van der Waals surface area contributed by atoms with E-state index in [1.54, 1.807) is 19.2 Å². The fraction of sp³-hybridized carbons (Fsp3) is 0.455. The second-order valence-corrected chi connectivity index (χ2v) is 5.85. The molecule has 1 aromatic carbocycles. The van der Waals surface area contributed by atoms with Gasteiger partial charge in [0.15, 0.2) is 0 Å². The van der Waals surface area contributed by atoms with Crippen LogP contribution in [0.25, 0.3) is 0 Å². The van der Waals surface area contributed by atoms with Crippen LogP contribution in [-0.2, 0) is 10.0 Å². The Kier molecular flexibility index (Phi) is 3.93. The van der Waals surface area contributed by atoms with Gasteiger partial charge in [-0.3, -0.25) is 0 Å². The molecule has 1 atom stereocenters. The van der Waals surface area contributed by atoms with Crippen LogP contribution in [0, 0.1) is 0 Å². The molecule has 90 valence electrons. The second-order valence-electron chi connectivity index (χ2n) is 3.85. The average molecular weight is 242 g/mol. The quantitative estimate of drug-likeness (QED) is 0.817. The number of anilines is 1. The zero-order valence-corrected chi connectivity index (χ0v) is 10.7. The highest BCUT2D eigenvalue weighted by atomic mass is 32.2. The van der Waals surface area contributed by atoms with Crippen LogP contribution in [0.1, 0.15) is 20.3 Å². The number of hydrogen-bond acceptors (Lipinski definition) is 3. The fourth-order valence-corrected chi connectivity index (χ4v) is 2.74. The third-order valence-corrected chi connectivity index (χ3v) is 4.75. The summed E-state index contributed by atoms with van der Waals surface area (Å²) in [6.07, 6.45) is 0.782. The summed E-state index contributed by atoms with van der Waals surface area (Å²) in [5, 5.41) is 0. The van der Waals surface area contributed by atoms with Crippen LogP contribution in [0.4, 0.5) is 5.69 Å². The van der Waals surface area contributed by atoms with E-state index in [9.17, 15) is 8.42 Å². The molecule has 0 radical (unpaired) electrons. The molecule has 4 nitrogen and oxygen atoms in total. The maximum absolute atomic E-state index is 12.1. The topological polar surface area (TPSA) is 63.4 Å². The monoisotopic (exact) mass is 242 g/mol. The van der Waals surface area contributed by atoms with Crippen molar-refractivity contribution in [3.63, 3.8) is 0 Å². The lowest BCUT2D eigenvalue weighted by atomic mass is 10.3. The van der Waals surface area contributed by atoms with Gasteiger partial charge in [-0.25, -0.2) is 8.42 Å². The first kappa shape index (κ1) is 13.0. The molecular weight excluding hydrogens is 224 g/mol. The van der Waals surface area contributed by atoms with Crippen molar-refractivity contribution in [2.45, 2.75) is 31.2 Å². The van der Waals surface area contributed by atoms with Crippen LogP contribution in [0.15, 0.2) is 29.2 Å². The zero-order valence-electron chi connectivity index (χ0n) is 9.84. The van der Waals surface area contributed by atoms with E-state index in [-0.39, 0.29) is 10.9 Å². The van der Waals surface area contributed by atoms with E-state index in [0.717, 1.165) is 6.42 Å². The van der Waals surface area contributed by atoms with E-state index in [1.165, 1.54) is 16.4 Å². The van der Waals surface area contributed by atoms with Gasteiger partial charge in [0.05, 0.1) is 4.90 Å². The van der Waals surface area contributed by atoms with Gasteiger partial charge in [-0.15, -0.1) is 0 Å². The summed E-state index contributed by atoms with van der Waals surface area (Å²) in [5.74, 6) is 0. The Balaban J connectivity index is 3.07. The summed E-state index contributed by atoms with van der Waals surface area (Å²) < 4.78 is 25.6. The minimum atomic E-state index is -3.39. The maximum atomic E-state index is 12.1. The number of sulfonamides is 1. The van der Waals surface area contributed by atoms with Gasteiger partial charge in [-0.1, -0.05) is 6.92 Å². The summed E-state index contributed by atoms with van der Waals surface area (Å²) >= 11 is 0. The first-order valence-corrected chi connectivity index (χ1v) is 6.67. The number of hydrogen-bond donors (Lipinski definition) is 1. The summed E-state index contributed by atoms with van der Waals surface area (Å²) in [4.78, 5) is 0.282. The summed E-state index contributed by atoms with van der Waals surface area (Å²) in [6, 6.07) is 6.24. The number of nitrogen functional groups attached to an aromatic ring is 1. The molecule has 1 aromatic rings. The summed E-state index contributed by atoms with van der Waals surface area (Å²) in [6.45, 7) is 3.84. The van der Waals surface area contributed by atoms with Crippen LogP contribution < -0.4 is 5.73 Å². The second kappa shape index (κ2) is 4.84. The van der Waals surface area contributed by atoms with Crippen molar-refractivity contribution in [2.24, 2.45) is 0 Å². The molecule has 16 heavy (non-hydrogen) atoms. The van der Waals surface area contributed by atoms with Crippen LogP contribution >= 0.6 is 0 Å². The minimum Gasteiger partial charge on any atom is -0.399 e. The van der Waals surface area contributed by atoms with E-state index in [2.05, 4.69) is 0 Å².